The second-order valence-corrected chi connectivity index (χ2v) is 8.10. The first-order valence-corrected chi connectivity index (χ1v) is 10.6. The van der Waals surface area contributed by atoms with Gasteiger partial charge in [-0.25, -0.2) is 4.98 Å². The van der Waals surface area contributed by atoms with Crippen LogP contribution in [0.1, 0.15) is 48.3 Å². The van der Waals surface area contributed by atoms with E-state index in [1.54, 1.807) is 7.05 Å². The Kier molecular flexibility index (Phi) is 6.97. The quantitative estimate of drug-likeness (QED) is 0.272. The number of aromatic nitrogens is 1. The summed E-state index contributed by atoms with van der Waals surface area (Å²) in [7, 11) is 1.61. The molecule has 1 saturated carbocycles. The van der Waals surface area contributed by atoms with E-state index in [0.29, 0.717) is 30.4 Å². The zero-order chi connectivity index (χ0) is 19.9. The van der Waals surface area contributed by atoms with Crippen molar-refractivity contribution < 1.29 is 9.59 Å². The number of aliphatic imine (C=N–C) groups is 1. The monoisotopic (exact) mass is 401 g/mol. The second-order valence-electron chi connectivity index (χ2n) is 7.07. The van der Waals surface area contributed by atoms with E-state index in [-0.39, 0.29) is 17.6 Å². The minimum absolute atomic E-state index is 0.0143. The van der Waals surface area contributed by atoms with Gasteiger partial charge in [-0.05, 0) is 37.8 Å². The lowest BCUT2D eigenvalue weighted by atomic mass is 10.0. The summed E-state index contributed by atoms with van der Waals surface area (Å²) >= 11 is 1.37. The zero-order valence-electron chi connectivity index (χ0n) is 16.1. The Labute approximate surface area is 168 Å². The number of benzene rings is 1. The molecule has 0 aliphatic heterocycles. The van der Waals surface area contributed by atoms with Crippen molar-refractivity contribution in [2.45, 2.75) is 44.6 Å². The van der Waals surface area contributed by atoms with Gasteiger partial charge in [0.1, 0.15) is 0 Å². The van der Waals surface area contributed by atoms with Gasteiger partial charge in [-0.1, -0.05) is 25.0 Å². The van der Waals surface area contributed by atoms with Gasteiger partial charge in [0.05, 0.1) is 16.3 Å². The van der Waals surface area contributed by atoms with Gasteiger partial charge in [0.2, 0.25) is 11.7 Å². The smallest absolute Gasteiger partial charge is 0.223 e. The van der Waals surface area contributed by atoms with Gasteiger partial charge < -0.3 is 16.4 Å². The SMILES string of the molecule is CN=C(N)NCCC[C@H](NC(=O)C1CCCC1)C(=O)c1nc2ccccc2s1. The van der Waals surface area contributed by atoms with Crippen molar-refractivity contribution in [3.8, 4) is 0 Å². The molecule has 4 N–H and O–H groups in total. The van der Waals surface area contributed by atoms with Crippen molar-refractivity contribution in [3.63, 3.8) is 0 Å². The Bertz CT molecular complexity index is 824. The molecule has 1 amide bonds. The topological polar surface area (TPSA) is 109 Å². The Morgan fingerprint density at radius 3 is 2.79 bits per heavy atom. The lowest BCUT2D eigenvalue weighted by Gasteiger charge is -2.19. The molecule has 2 aromatic rings. The fourth-order valence-electron chi connectivity index (χ4n) is 3.47. The van der Waals surface area contributed by atoms with Crippen LogP contribution in [-0.4, -0.2) is 42.3 Å². The first kappa shape index (κ1) is 20.3. The lowest BCUT2D eigenvalue weighted by molar-refractivity contribution is -0.125. The van der Waals surface area contributed by atoms with E-state index in [4.69, 9.17) is 5.73 Å². The number of nitrogens with zero attached hydrogens (tertiary/aromatic N) is 2. The van der Waals surface area contributed by atoms with Gasteiger partial charge in [0.15, 0.2) is 11.0 Å². The van der Waals surface area contributed by atoms with Crippen molar-refractivity contribution in [1.29, 1.82) is 0 Å². The summed E-state index contributed by atoms with van der Waals surface area (Å²) in [5.41, 5.74) is 6.45. The van der Waals surface area contributed by atoms with Crippen LogP contribution in [0, 0.1) is 5.92 Å². The van der Waals surface area contributed by atoms with Crippen LogP contribution in [0.4, 0.5) is 0 Å². The molecule has 28 heavy (non-hydrogen) atoms. The van der Waals surface area contributed by atoms with Crippen LogP contribution in [0.2, 0.25) is 0 Å². The third-order valence-electron chi connectivity index (χ3n) is 5.08. The summed E-state index contributed by atoms with van der Waals surface area (Å²) in [6, 6.07) is 7.11. The van der Waals surface area contributed by atoms with E-state index in [0.717, 1.165) is 35.9 Å². The van der Waals surface area contributed by atoms with Crippen LogP contribution in [-0.2, 0) is 4.79 Å². The number of guanidine groups is 1. The molecule has 0 spiro atoms. The van der Waals surface area contributed by atoms with Crippen LogP contribution in [0.15, 0.2) is 29.3 Å². The van der Waals surface area contributed by atoms with Crippen molar-refractivity contribution in [3.05, 3.63) is 29.3 Å². The maximum atomic E-state index is 13.1. The normalized spacial score (nSPS) is 16.2. The number of nitrogens with two attached hydrogens (primary N) is 1. The van der Waals surface area contributed by atoms with Gasteiger partial charge in [-0.3, -0.25) is 14.6 Å². The van der Waals surface area contributed by atoms with Gasteiger partial charge in [-0.2, -0.15) is 0 Å². The summed E-state index contributed by atoms with van der Waals surface area (Å²) in [5, 5.41) is 6.42. The largest absolute Gasteiger partial charge is 0.370 e. The Morgan fingerprint density at radius 1 is 1.32 bits per heavy atom. The maximum Gasteiger partial charge on any atom is 0.223 e. The highest BCUT2D eigenvalue weighted by Gasteiger charge is 2.29. The number of fused-ring (bicyclic) bond motifs is 1. The highest BCUT2D eigenvalue weighted by Crippen LogP contribution is 2.26. The van der Waals surface area contributed by atoms with Crippen LogP contribution < -0.4 is 16.4 Å². The minimum Gasteiger partial charge on any atom is -0.370 e. The van der Waals surface area contributed by atoms with Gasteiger partial charge in [0.25, 0.3) is 0 Å². The van der Waals surface area contributed by atoms with E-state index in [2.05, 4.69) is 20.6 Å². The molecule has 0 bridgehead atoms. The summed E-state index contributed by atoms with van der Waals surface area (Å²) < 4.78 is 0.973. The molecule has 8 heteroatoms. The Balaban J connectivity index is 1.69. The summed E-state index contributed by atoms with van der Waals surface area (Å²) in [5.74, 6) is 0.250. The molecule has 0 radical (unpaired) electrons. The number of ketones is 1. The standard InChI is InChI=1S/C20H27N5O2S/c1-22-20(21)23-12-6-10-15(24-18(27)13-7-2-3-8-13)17(26)19-25-14-9-4-5-11-16(14)28-19/h4-5,9,11,13,15H,2-3,6-8,10,12H2,1H3,(H,24,27)(H3,21,22,23)/t15-/m0/s1. The van der Waals surface area contributed by atoms with E-state index in [1.165, 1.54) is 11.3 Å². The molecule has 7 nitrogen and oxygen atoms in total. The third-order valence-corrected chi connectivity index (χ3v) is 6.13. The zero-order valence-corrected chi connectivity index (χ0v) is 16.9. The minimum atomic E-state index is -0.574. The first-order valence-electron chi connectivity index (χ1n) is 9.74. The van der Waals surface area contributed by atoms with Crippen molar-refractivity contribution in [1.82, 2.24) is 15.6 Å². The molecule has 1 aliphatic rings. The van der Waals surface area contributed by atoms with Crippen molar-refractivity contribution in [2.24, 2.45) is 16.6 Å². The molecule has 1 aliphatic carbocycles. The summed E-state index contributed by atoms with van der Waals surface area (Å²) in [6.45, 7) is 0.589. The molecular weight excluding hydrogens is 374 g/mol. The van der Waals surface area contributed by atoms with Crippen LogP contribution >= 0.6 is 11.3 Å². The summed E-state index contributed by atoms with van der Waals surface area (Å²) in [6.07, 6.45) is 5.17. The number of carbonyl (C=O) groups excluding carboxylic acids is 2. The molecule has 1 heterocycles. The van der Waals surface area contributed by atoms with Crippen molar-refractivity contribution >= 4 is 39.2 Å². The molecule has 3 rings (SSSR count). The highest BCUT2D eigenvalue weighted by atomic mass is 32.1. The number of Topliss-reactive ketones (excluding diaryl/α,β-unsaturated/α-hetero) is 1. The van der Waals surface area contributed by atoms with Gasteiger partial charge in [-0.15, -0.1) is 11.3 Å². The number of thiazole rings is 1. The average Bonchev–Trinajstić information content (AvgIpc) is 3.39. The highest BCUT2D eigenvalue weighted by molar-refractivity contribution is 7.20. The van der Waals surface area contributed by atoms with E-state index in [9.17, 15) is 9.59 Å². The predicted molar refractivity (Wildman–Crippen MR) is 113 cm³/mol. The van der Waals surface area contributed by atoms with Gasteiger partial charge >= 0.3 is 0 Å². The number of para-hydroxylation sites is 1. The van der Waals surface area contributed by atoms with Gasteiger partial charge in [0, 0.05) is 19.5 Å². The number of amides is 1. The molecule has 1 fully saturated rings. The number of nitrogens with one attached hydrogen (secondary N) is 2. The number of hydrogen-bond acceptors (Lipinski definition) is 5. The molecule has 1 aromatic heterocycles. The van der Waals surface area contributed by atoms with Crippen LogP contribution in [0.5, 0.6) is 0 Å². The fourth-order valence-corrected chi connectivity index (χ4v) is 4.43. The molecule has 150 valence electrons. The Hall–Kier alpha value is -2.48. The second kappa shape index (κ2) is 9.64. The fraction of sp³-hybridized carbons (Fsp3) is 0.500. The Morgan fingerprint density at radius 2 is 2.07 bits per heavy atom. The lowest BCUT2D eigenvalue weighted by Crippen LogP contribution is -2.44. The number of rotatable bonds is 8. The van der Waals surface area contributed by atoms with E-state index < -0.39 is 6.04 Å². The van der Waals surface area contributed by atoms with E-state index in [1.807, 2.05) is 24.3 Å². The molecule has 0 saturated heterocycles. The molecular formula is C20H27N5O2S. The number of hydrogen-bond donors (Lipinski definition) is 3. The van der Waals surface area contributed by atoms with Crippen molar-refractivity contribution in [2.75, 3.05) is 13.6 Å². The van der Waals surface area contributed by atoms with E-state index >= 15 is 0 Å². The summed E-state index contributed by atoms with van der Waals surface area (Å²) in [4.78, 5) is 34.1. The molecule has 0 unspecified atom stereocenters. The first-order chi connectivity index (χ1) is 13.6. The van der Waals surface area contributed by atoms with Crippen LogP contribution in [0.25, 0.3) is 10.2 Å². The average molecular weight is 402 g/mol. The third kappa shape index (κ3) is 5.07. The number of carbonyl (C=O) groups is 2. The predicted octanol–water partition coefficient (Wildman–Crippen LogP) is 2.47. The van der Waals surface area contributed by atoms with Crippen LogP contribution in [0.3, 0.4) is 0 Å². The molecule has 1 atom stereocenters. The maximum absolute atomic E-state index is 13.1. The molecule has 1 aromatic carbocycles.